The van der Waals surface area contributed by atoms with E-state index >= 15 is 0 Å². The van der Waals surface area contributed by atoms with Gasteiger partial charge in [0.1, 0.15) is 0 Å². The minimum atomic E-state index is 0. The summed E-state index contributed by atoms with van der Waals surface area (Å²) in [7, 11) is 0. The molecule has 0 spiro atoms. The van der Waals surface area contributed by atoms with Crippen molar-refractivity contribution in [3.63, 3.8) is 0 Å². The Hall–Kier alpha value is -1.00. The molecule has 4 heteroatoms. The van der Waals surface area contributed by atoms with E-state index in [1.54, 1.807) is 0 Å². The molecular weight excluding hydrogens is 96.1 g/mol. The van der Waals surface area contributed by atoms with Crippen molar-refractivity contribution in [2.24, 2.45) is 0 Å². The van der Waals surface area contributed by atoms with Gasteiger partial charge in [-0.25, -0.2) is 0 Å². The Morgan fingerprint density at radius 1 is 1.17 bits per heavy atom. The Morgan fingerprint density at radius 3 is 1.50 bits per heavy atom. The van der Waals surface area contributed by atoms with E-state index in [0.717, 1.165) is 12.5 Å². The summed E-state index contributed by atoms with van der Waals surface area (Å²) in [6, 6.07) is 0. The third-order valence-electron chi connectivity index (χ3n) is 0.0913. The van der Waals surface area contributed by atoms with Crippen molar-refractivity contribution in [3.05, 3.63) is 0 Å². The highest BCUT2D eigenvalue weighted by atomic mass is 28.1. The van der Waals surface area contributed by atoms with Crippen LogP contribution >= 0.6 is 0 Å². The van der Waals surface area contributed by atoms with Gasteiger partial charge in [0.25, 0.3) is 0 Å². The molecule has 0 aromatic heterocycles. The fraction of sp³-hybridized carbons (Fsp3) is 0. The van der Waals surface area contributed by atoms with Crippen molar-refractivity contribution < 1.29 is 4.74 Å². The molecule has 0 unspecified atom stereocenters. The van der Waals surface area contributed by atoms with Crippen LogP contribution in [0.4, 0.5) is 0 Å². The molecule has 0 aliphatic rings. The smallest absolute Gasteiger partial charge is 0.303 e. The SMILES string of the molecule is N#COC#N.[Si]. The van der Waals surface area contributed by atoms with Crippen molar-refractivity contribution >= 4 is 11.0 Å². The van der Waals surface area contributed by atoms with Gasteiger partial charge in [-0.2, -0.15) is 0 Å². The van der Waals surface area contributed by atoms with Gasteiger partial charge in [0.05, 0.1) is 0 Å². The largest absolute Gasteiger partial charge is 0.308 e. The molecule has 6 heavy (non-hydrogen) atoms. The van der Waals surface area contributed by atoms with E-state index < -0.39 is 0 Å². The Labute approximate surface area is 39.8 Å². The van der Waals surface area contributed by atoms with Gasteiger partial charge in [-0.1, -0.05) is 0 Å². The molecule has 0 atom stereocenters. The number of nitriles is 2. The van der Waals surface area contributed by atoms with Crippen LogP contribution < -0.4 is 0 Å². The molecule has 0 heterocycles. The zero-order valence-electron chi connectivity index (χ0n) is 2.80. The standard InChI is InChI=1S/C2N2O.Si/c3-1-5-2-4;. The maximum atomic E-state index is 7.37. The van der Waals surface area contributed by atoms with Gasteiger partial charge in [0, 0.05) is 11.0 Å². The van der Waals surface area contributed by atoms with Crippen LogP contribution in [0, 0.1) is 23.0 Å². The summed E-state index contributed by atoms with van der Waals surface area (Å²) in [4.78, 5) is 0. The molecule has 0 aliphatic heterocycles. The minimum absolute atomic E-state index is 0. The number of hydrogen-bond donors (Lipinski definition) is 0. The highest BCUT2D eigenvalue weighted by Gasteiger charge is 1.57. The third-order valence-corrected chi connectivity index (χ3v) is 0.0913. The summed E-state index contributed by atoms with van der Waals surface area (Å²) in [5, 5.41) is 14.7. The number of hydrogen-bond acceptors (Lipinski definition) is 3. The molecule has 0 fully saturated rings. The second-order valence-corrected chi connectivity index (χ2v) is 0.285. The van der Waals surface area contributed by atoms with Crippen LogP contribution in [-0.2, 0) is 4.74 Å². The van der Waals surface area contributed by atoms with Crippen LogP contribution in [0.25, 0.3) is 0 Å². The topological polar surface area (TPSA) is 56.8 Å². The normalized spacial score (nSPS) is 3.00. The summed E-state index contributed by atoms with van der Waals surface area (Å²) in [6.45, 7) is 0. The average molecular weight is 96.1 g/mol. The molecule has 0 N–H and O–H groups in total. The second-order valence-electron chi connectivity index (χ2n) is 0.285. The molecule has 0 aromatic carbocycles. The van der Waals surface area contributed by atoms with E-state index in [2.05, 4.69) is 4.74 Å². The summed E-state index contributed by atoms with van der Waals surface area (Å²) in [5.74, 6) is 0. The highest BCUT2D eigenvalue weighted by molar-refractivity contribution is 5.75. The zero-order chi connectivity index (χ0) is 4.12. The van der Waals surface area contributed by atoms with Gasteiger partial charge in [0.2, 0.25) is 0 Å². The molecule has 3 nitrogen and oxygen atoms in total. The summed E-state index contributed by atoms with van der Waals surface area (Å²) < 4.78 is 3.44. The zero-order valence-corrected chi connectivity index (χ0v) is 3.80. The molecule has 0 saturated carbocycles. The van der Waals surface area contributed by atoms with E-state index in [9.17, 15) is 0 Å². The first-order chi connectivity index (χ1) is 2.41. The summed E-state index contributed by atoms with van der Waals surface area (Å²) in [6.07, 6.45) is 2.31. The van der Waals surface area contributed by atoms with Crippen LogP contribution in [0.3, 0.4) is 0 Å². The Balaban J connectivity index is 0. The summed E-state index contributed by atoms with van der Waals surface area (Å²) >= 11 is 0. The number of nitrogens with zero attached hydrogens (tertiary/aromatic N) is 2. The van der Waals surface area contributed by atoms with Crippen molar-refractivity contribution in [2.45, 2.75) is 0 Å². The van der Waals surface area contributed by atoms with Crippen molar-refractivity contribution in [1.29, 1.82) is 10.5 Å². The first kappa shape index (κ1) is 8.89. The van der Waals surface area contributed by atoms with Gasteiger partial charge in [-0.15, -0.1) is 10.5 Å². The van der Waals surface area contributed by atoms with E-state index in [4.69, 9.17) is 10.5 Å². The van der Waals surface area contributed by atoms with E-state index in [0.29, 0.717) is 0 Å². The molecule has 0 aliphatic carbocycles. The molecule has 4 radical (unpaired) electrons. The van der Waals surface area contributed by atoms with E-state index in [-0.39, 0.29) is 11.0 Å². The van der Waals surface area contributed by atoms with Gasteiger partial charge >= 0.3 is 12.5 Å². The molecule has 28 valence electrons. The Kier molecular flexibility index (Phi) is 13.3. The fourth-order valence-electron chi connectivity index (χ4n) is 0.0204. The van der Waals surface area contributed by atoms with Crippen molar-refractivity contribution in [2.75, 3.05) is 0 Å². The van der Waals surface area contributed by atoms with Gasteiger partial charge in [-0.05, 0) is 0 Å². The van der Waals surface area contributed by atoms with E-state index in [1.807, 2.05) is 0 Å². The molecule has 0 amide bonds. The molecule has 0 rings (SSSR count). The second kappa shape index (κ2) is 9.00. The van der Waals surface area contributed by atoms with Gasteiger partial charge in [-0.3, -0.25) is 0 Å². The monoisotopic (exact) mass is 96.0 g/mol. The lowest BCUT2D eigenvalue weighted by Gasteiger charge is -1.55. The van der Waals surface area contributed by atoms with Gasteiger partial charge < -0.3 is 4.74 Å². The first-order valence-corrected chi connectivity index (χ1v) is 0.855. The Morgan fingerprint density at radius 2 is 1.50 bits per heavy atom. The quantitative estimate of drug-likeness (QED) is 0.304. The lowest BCUT2D eigenvalue weighted by Crippen LogP contribution is -1.55. The number of ether oxygens (including phenoxy) is 1. The van der Waals surface area contributed by atoms with Gasteiger partial charge in [0.15, 0.2) is 0 Å². The highest BCUT2D eigenvalue weighted by Crippen LogP contribution is 1.50. The van der Waals surface area contributed by atoms with Crippen LogP contribution in [-0.4, -0.2) is 11.0 Å². The molecule has 0 aromatic rings. The molecule has 0 saturated heterocycles. The van der Waals surface area contributed by atoms with Crippen LogP contribution in [0.15, 0.2) is 0 Å². The van der Waals surface area contributed by atoms with Crippen LogP contribution in [0.1, 0.15) is 0 Å². The van der Waals surface area contributed by atoms with Crippen molar-refractivity contribution in [1.82, 2.24) is 0 Å². The minimum Gasteiger partial charge on any atom is -0.308 e. The van der Waals surface area contributed by atoms with E-state index in [1.165, 1.54) is 0 Å². The Bertz CT molecular complexity index is 76.7. The fourth-order valence-corrected chi connectivity index (χ4v) is 0.0204. The first-order valence-electron chi connectivity index (χ1n) is 0.855. The predicted octanol–water partition coefficient (Wildman–Crippen LogP) is -0.416. The number of rotatable bonds is 0. The lowest BCUT2D eigenvalue weighted by atomic mass is 11.4. The maximum Gasteiger partial charge on any atom is 0.303 e. The average Bonchev–Trinajstić information content (AvgIpc) is 1.41. The van der Waals surface area contributed by atoms with Crippen LogP contribution in [0.2, 0.25) is 0 Å². The van der Waals surface area contributed by atoms with Crippen molar-refractivity contribution in [3.8, 4) is 12.5 Å². The molecular formula is C2N2OSi. The molecule has 0 bridgehead atoms. The third kappa shape index (κ3) is 12.0. The predicted molar refractivity (Wildman–Crippen MR) is 18.1 cm³/mol. The maximum absolute atomic E-state index is 7.37. The lowest BCUT2D eigenvalue weighted by molar-refractivity contribution is 0.455. The summed E-state index contributed by atoms with van der Waals surface area (Å²) in [5.41, 5.74) is 0. The van der Waals surface area contributed by atoms with Crippen LogP contribution in [0.5, 0.6) is 0 Å².